The Labute approximate surface area is 120 Å². The van der Waals surface area contributed by atoms with E-state index in [1.807, 2.05) is 32.0 Å². The zero-order chi connectivity index (χ0) is 14.5. The van der Waals surface area contributed by atoms with Crippen molar-refractivity contribution in [3.63, 3.8) is 0 Å². The molecule has 2 rings (SSSR count). The highest BCUT2D eigenvalue weighted by Crippen LogP contribution is 2.25. The monoisotopic (exact) mass is 276 g/mol. The standard InChI is InChI=1S/C16H24N2O2/c1-11-7-8-15(14(9-11)12(2)17)20-10-16(19)18-13-5-3-4-6-13/h7-9,12-13H,3-6,10,17H2,1-2H3,(H,18,19). The minimum atomic E-state index is -0.109. The highest BCUT2D eigenvalue weighted by Gasteiger charge is 2.17. The van der Waals surface area contributed by atoms with Crippen molar-refractivity contribution in [2.75, 3.05) is 6.61 Å². The van der Waals surface area contributed by atoms with E-state index in [2.05, 4.69) is 5.32 Å². The molecule has 1 unspecified atom stereocenters. The van der Waals surface area contributed by atoms with Gasteiger partial charge in [-0.1, -0.05) is 30.5 Å². The van der Waals surface area contributed by atoms with Crippen LogP contribution in [-0.4, -0.2) is 18.6 Å². The summed E-state index contributed by atoms with van der Waals surface area (Å²) in [5, 5.41) is 3.01. The molecule has 1 aliphatic rings. The molecule has 0 saturated heterocycles. The summed E-state index contributed by atoms with van der Waals surface area (Å²) in [6.07, 6.45) is 4.58. The van der Waals surface area contributed by atoms with Crippen LogP contribution >= 0.6 is 0 Å². The molecule has 1 amide bonds. The molecule has 0 aliphatic heterocycles. The molecule has 1 aliphatic carbocycles. The van der Waals surface area contributed by atoms with Crippen LogP contribution in [0.25, 0.3) is 0 Å². The predicted octanol–water partition coefficient (Wildman–Crippen LogP) is 2.45. The molecule has 0 heterocycles. The Bertz CT molecular complexity index is 466. The number of nitrogens with two attached hydrogens (primary N) is 1. The lowest BCUT2D eigenvalue weighted by molar-refractivity contribution is -0.123. The molecular weight excluding hydrogens is 252 g/mol. The summed E-state index contributed by atoms with van der Waals surface area (Å²) in [5.74, 6) is 0.653. The molecule has 4 heteroatoms. The second-order valence-corrected chi connectivity index (χ2v) is 5.67. The second kappa shape index (κ2) is 6.75. The molecule has 0 spiro atoms. The van der Waals surface area contributed by atoms with Gasteiger partial charge in [-0.05, 0) is 32.8 Å². The van der Waals surface area contributed by atoms with Crippen LogP contribution in [0.5, 0.6) is 5.75 Å². The van der Waals surface area contributed by atoms with E-state index in [4.69, 9.17) is 10.5 Å². The van der Waals surface area contributed by atoms with Gasteiger partial charge in [0.15, 0.2) is 6.61 Å². The van der Waals surface area contributed by atoms with Crippen LogP contribution in [0.2, 0.25) is 0 Å². The fourth-order valence-corrected chi connectivity index (χ4v) is 2.64. The first-order chi connectivity index (χ1) is 9.56. The number of ether oxygens (including phenoxy) is 1. The number of hydrogen-bond donors (Lipinski definition) is 2. The van der Waals surface area contributed by atoms with E-state index in [-0.39, 0.29) is 18.6 Å². The van der Waals surface area contributed by atoms with Crippen LogP contribution in [0.4, 0.5) is 0 Å². The Morgan fingerprint density at radius 1 is 1.45 bits per heavy atom. The van der Waals surface area contributed by atoms with Gasteiger partial charge in [-0.2, -0.15) is 0 Å². The van der Waals surface area contributed by atoms with E-state index < -0.39 is 0 Å². The van der Waals surface area contributed by atoms with Gasteiger partial charge in [-0.25, -0.2) is 0 Å². The minimum Gasteiger partial charge on any atom is -0.483 e. The third-order valence-electron chi connectivity index (χ3n) is 3.73. The summed E-state index contributed by atoms with van der Waals surface area (Å²) >= 11 is 0. The molecule has 1 saturated carbocycles. The number of aryl methyl sites for hydroxylation is 1. The van der Waals surface area contributed by atoms with Crippen molar-refractivity contribution in [3.8, 4) is 5.75 Å². The average Bonchev–Trinajstić information content (AvgIpc) is 2.90. The second-order valence-electron chi connectivity index (χ2n) is 5.67. The van der Waals surface area contributed by atoms with Crippen molar-refractivity contribution in [2.45, 2.75) is 51.6 Å². The zero-order valence-corrected chi connectivity index (χ0v) is 12.3. The van der Waals surface area contributed by atoms with Crippen LogP contribution in [0.15, 0.2) is 18.2 Å². The van der Waals surface area contributed by atoms with Gasteiger partial charge in [0.05, 0.1) is 0 Å². The highest BCUT2D eigenvalue weighted by atomic mass is 16.5. The third kappa shape index (κ3) is 3.97. The molecule has 110 valence electrons. The first-order valence-electron chi connectivity index (χ1n) is 7.34. The molecule has 0 radical (unpaired) electrons. The molecule has 1 atom stereocenters. The first kappa shape index (κ1) is 14.9. The van der Waals surface area contributed by atoms with E-state index in [9.17, 15) is 4.79 Å². The first-order valence-corrected chi connectivity index (χ1v) is 7.34. The summed E-state index contributed by atoms with van der Waals surface area (Å²) in [5.41, 5.74) is 8.02. The smallest absolute Gasteiger partial charge is 0.258 e. The summed E-state index contributed by atoms with van der Waals surface area (Å²) in [4.78, 5) is 11.9. The van der Waals surface area contributed by atoms with E-state index in [0.717, 1.165) is 24.0 Å². The molecule has 1 aromatic carbocycles. The maximum Gasteiger partial charge on any atom is 0.258 e. The van der Waals surface area contributed by atoms with E-state index in [1.54, 1.807) is 0 Å². The molecule has 20 heavy (non-hydrogen) atoms. The van der Waals surface area contributed by atoms with Gasteiger partial charge in [0, 0.05) is 17.6 Å². The van der Waals surface area contributed by atoms with Crippen molar-refractivity contribution in [1.29, 1.82) is 0 Å². The summed E-state index contributed by atoms with van der Waals surface area (Å²) in [6, 6.07) is 6.08. The normalized spacial score (nSPS) is 16.9. The van der Waals surface area contributed by atoms with Crippen LogP contribution in [0.1, 0.15) is 49.8 Å². The Balaban J connectivity index is 1.91. The summed E-state index contributed by atoms with van der Waals surface area (Å²) < 4.78 is 5.63. The quantitative estimate of drug-likeness (QED) is 0.868. The molecule has 3 N–H and O–H groups in total. The predicted molar refractivity (Wildman–Crippen MR) is 79.7 cm³/mol. The lowest BCUT2D eigenvalue weighted by atomic mass is 10.1. The summed E-state index contributed by atoms with van der Waals surface area (Å²) in [6.45, 7) is 3.99. The van der Waals surface area contributed by atoms with Crippen LogP contribution in [-0.2, 0) is 4.79 Å². The number of carbonyl (C=O) groups is 1. The molecule has 4 nitrogen and oxygen atoms in total. The van der Waals surface area contributed by atoms with Gasteiger partial charge < -0.3 is 15.8 Å². The third-order valence-corrected chi connectivity index (χ3v) is 3.73. The van der Waals surface area contributed by atoms with Gasteiger partial charge in [0.2, 0.25) is 0 Å². The summed E-state index contributed by atoms with van der Waals surface area (Å²) in [7, 11) is 0. The van der Waals surface area contributed by atoms with Crippen molar-refractivity contribution >= 4 is 5.91 Å². The van der Waals surface area contributed by atoms with Crippen LogP contribution < -0.4 is 15.8 Å². The molecular formula is C16H24N2O2. The molecule has 1 fully saturated rings. The largest absolute Gasteiger partial charge is 0.483 e. The SMILES string of the molecule is Cc1ccc(OCC(=O)NC2CCCC2)c(C(C)N)c1. The van der Waals surface area contributed by atoms with Crippen LogP contribution in [0.3, 0.4) is 0 Å². The van der Waals surface area contributed by atoms with Gasteiger partial charge >= 0.3 is 0 Å². The highest BCUT2D eigenvalue weighted by molar-refractivity contribution is 5.77. The van der Waals surface area contributed by atoms with E-state index in [0.29, 0.717) is 11.8 Å². The number of hydrogen-bond acceptors (Lipinski definition) is 3. The van der Waals surface area contributed by atoms with Gasteiger partial charge in [0.1, 0.15) is 5.75 Å². The Kier molecular flexibility index (Phi) is 5.01. The molecule has 0 aromatic heterocycles. The van der Waals surface area contributed by atoms with Crippen molar-refractivity contribution < 1.29 is 9.53 Å². The van der Waals surface area contributed by atoms with E-state index >= 15 is 0 Å². The fourth-order valence-electron chi connectivity index (χ4n) is 2.64. The molecule has 0 bridgehead atoms. The van der Waals surface area contributed by atoms with Gasteiger partial charge in [-0.15, -0.1) is 0 Å². The number of benzene rings is 1. The van der Waals surface area contributed by atoms with Gasteiger partial charge in [-0.3, -0.25) is 4.79 Å². The number of rotatable bonds is 5. The number of amides is 1. The maximum absolute atomic E-state index is 11.9. The Morgan fingerprint density at radius 3 is 2.80 bits per heavy atom. The minimum absolute atomic E-state index is 0.0481. The van der Waals surface area contributed by atoms with Crippen molar-refractivity contribution in [1.82, 2.24) is 5.32 Å². The van der Waals surface area contributed by atoms with Crippen molar-refractivity contribution in [3.05, 3.63) is 29.3 Å². The van der Waals surface area contributed by atoms with Crippen molar-refractivity contribution in [2.24, 2.45) is 5.73 Å². The Hall–Kier alpha value is -1.55. The lowest BCUT2D eigenvalue weighted by Crippen LogP contribution is -2.36. The van der Waals surface area contributed by atoms with E-state index in [1.165, 1.54) is 12.8 Å². The molecule has 1 aromatic rings. The van der Waals surface area contributed by atoms with Crippen LogP contribution in [0, 0.1) is 6.92 Å². The zero-order valence-electron chi connectivity index (χ0n) is 12.3. The number of carbonyl (C=O) groups excluding carboxylic acids is 1. The maximum atomic E-state index is 11.9. The Morgan fingerprint density at radius 2 is 2.15 bits per heavy atom. The fraction of sp³-hybridized carbons (Fsp3) is 0.562. The van der Waals surface area contributed by atoms with Gasteiger partial charge in [0.25, 0.3) is 5.91 Å². The average molecular weight is 276 g/mol. The lowest BCUT2D eigenvalue weighted by Gasteiger charge is -2.16. The topological polar surface area (TPSA) is 64.3 Å². The number of nitrogens with one attached hydrogen (secondary N) is 1.